The molecule has 0 radical (unpaired) electrons. The van der Waals surface area contributed by atoms with Crippen LogP contribution in [0.4, 0.5) is 10.5 Å². The van der Waals surface area contributed by atoms with Crippen LogP contribution in [0.3, 0.4) is 0 Å². The molecule has 11 heteroatoms. The Hall–Kier alpha value is -2.21. The van der Waals surface area contributed by atoms with E-state index in [4.69, 9.17) is 10.5 Å². The predicted octanol–water partition coefficient (Wildman–Crippen LogP) is 1.12. The van der Waals surface area contributed by atoms with Crippen LogP contribution in [-0.4, -0.2) is 69.2 Å². The van der Waals surface area contributed by atoms with E-state index >= 15 is 0 Å². The number of fused-ring (bicyclic) bond motifs is 1. The van der Waals surface area contributed by atoms with Gasteiger partial charge in [0.25, 0.3) is 0 Å². The highest BCUT2D eigenvalue weighted by Crippen LogP contribution is 2.32. The van der Waals surface area contributed by atoms with E-state index in [2.05, 4.69) is 10.0 Å². The monoisotopic (exact) mass is 498 g/mol. The topological polar surface area (TPSA) is 151 Å². The fourth-order valence-corrected chi connectivity index (χ4v) is 4.76. The summed E-state index contributed by atoms with van der Waals surface area (Å²) in [6, 6.07) is 6.55. The summed E-state index contributed by atoms with van der Waals surface area (Å²) in [6.45, 7) is 6.99. The second-order valence-corrected chi connectivity index (χ2v) is 12.2. The van der Waals surface area contributed by atoms with Gasteiger partial charge in [-0.15, -0.1) is 0 Å². The molecule has 1 aliphatic heterocycles. The lowest BCUT2D eigenvalue weighted by Gasteiger charge is -2.37. The molecule has 2 amide bonds. The highest BCUT2D eigenvalue weighted by Gasteiger charge is 2.34. The summed E-state index contributed by atoms with van der Waals surface area (Å²) >= 11 is 0. The van der Waals surface area contributed by atoms with E-state index in [-0.39, 0.29) is 24.9 Å². The number of nitrogens with two attached hydrogens (primary N) is 1. The van der Waals surface area contributed by atoms with Crippen LogP contribution in [0.25, 0.3) is 0 Å². The molecule has 5 N–H and O–H groups in total. The highest BCUT2D eigenvalue weighted by molar-refractivity contribution is 7.90. The van der Waals surface area contributed by atoms with E-state index < -0.39 is 38.9 Å². The minimum Gasteiger partial charge on any atom is -0.453 e. The molecule has 192 valence electrons. The Morgan fingerprint density at radius 1 is 1.29 bits per heavy atom. The summed E-state index contributed by atoms with van der Waals surface area (Å²) in [4.78, 5) is 26.7. The smallest absolute Gasteiger partial charge is 0.407 e. The van der Waals surface area contributed by atoms with Crippen molar-refractivity contribution in [2.45, 2.75) is 70.4 Å². The number of aliphatic hydroxyl groups is 1. The third-order valence-electron chi connectivity index (χ3n) is 5.99. The van der Waals surface area contributed by atoms with Crippen LogP contribution in [0.15, 0.2) is 24.3 Å². The molecule has 10 nitrogen and oxygen atoms in total. The van der Waals surface area contributed by atoms with E-state index in [1.165, 1.54) is 7.11 Å². The number of sulfonamides is 1. The van der Waals surface area contributed by atoms with Crippen molar-refractivity contribution in [2.75, 3.05) is 25.1 Å². The first-order valence-electron chi connectivity index (χ1n) is 11.4. The largest absolute Gasteiger partial charge is 0.453 e. The molecule has 1 heterocycles. The Morgan fingerprint density at radius 2 is 1.94 bits per heavy atom. The van der Waals surface area contributed by atoms with Crippen molar-refractivity contribution in [3.05, 3.63) is 29.8 Å². The second kappa shape index (κ2) is 11.5. The van der Waals surface area contributed by atoms with Crippen molar-refractivity contribution in [1.82, 2.24) is 10.0 Å². The lowest BCUT2D eigenvalue weighted by atomic mass is 9.80. The van der Waals surface area contributed by atoms with E-state index in [1.807, 2.05) is 38.1 Å². The number of hydrogen-bond acceptors (Lipinski definition) is 7. The number of nitrogens with one attached hydrogen (secondary N) is 2. The van der Waals surface area contributed by atoms with Gasteiger partial charge in [0.1, 0.15) is 0 Å². The van der Waals surface area contributed by atoms with Crippen LogP contribution in [0.1, 0.15) is 46.1 Å². The average molecular weight is 499 g/mol. The van der Waals surface area contributed by atoms with Gasteiger partial charge < -0.3 is 25.8 Å². The molecule has 34 heavy (non-hydrogen) atoms. The van der Waals surface area contributed by atoms with Gasteiger partial charge in [0, 0.05) is 31.2 Å². The number of methoxy groups -OCH3 is 1. The van der Waals surface area contributed by atoms with E-state index in [1.54, 1.807) is 18.7 Å². The van der Waals surface area contributed by atoms with Gasteiger partial charge in [-0.25, -0.2) is 17.9 Å². The maximum atomic E-state index is 13.3. The van der Waals surface area contributed by atoms with Gasteiger partial charge >= 0.3 is 6.09 Å². The van der Waals surface area contributed by atoms with Gasteiger partial charge in [-0.2, -0.15) is 0 Å². The molecule has 0 aliphatic carbocycles. The van der Waals surface area contributed by atoms with Crippen molar-refractivity contribution >= 4 is 27.7 Å². The zero-order valence-corrected chi connectivity index (χ0v) is 21.4. The highest BCUT2D eigenvalue weighted by atomic mass is 32.2. The molecule has 1 aliphatic rings. The first-order valence-corrected chi connectivity index (χ1v) is 12.9. The standard InChI is InChI=1S/C23H38N4O6S/c1-15(2)34(31,32)25-13-20(28)18(24)11-23(3,4)12-21(29)27-14-17(26-22(30)33-5)10-16-8-6-7-9-19(16)27/h6-9,15,17-18,20,25,28H,10-14,24H2,1-5H3,(H,26,30)/t17?,18-,20-/m0/s1. The molecule has 1 aromatic carbocycles. The van der Waals surface area contributed by atoms with Crippen molar-refractivity contribution < 1.29 is 27.9 Å². The predicted molar refractivity (Wildman–Crippen MR) is 131 cm³/mol. The molecule has 0 spiro atoms. The SMILES string of the molecule is COC(=O)NC1Cc2ccccc2N(C(=O)CC(C)(C)C[C@H](N)[C@@H](O)CNS(=O)(=O)C(C)C)C1. The molecule has 3 atom stereocenters. The molecule has 0 saturated heterocycles. The van der Waals surface area contributed by atoms with Gasteiger partial charge in [0.05, 0.1) is 24.5 Å². The van der Waals surface area contributed by atoms with Crippen LogP contribution in [0, 0.1) is 5.41 Å². The molecule has 0 fully saturated rings. The van der Waals surface area contributed by atoms with Gasteiger partial charge in [0.2, 0.25) is 15.9 Å². The molecule has 0 aromatic heterocycles. The number of rotatable bonds is 10. The summed E-state index contributed by atoms with van der Waals surface area (Å²) in [6.07, 6.45) is -0.591. The summed E-state index contributed by atoms with van der Waals surface area (Å²) < 4.78 is 30.9. The summed E-state index contributed by atoms with van der Waals surface area (Å²) in [7, 11) is -2.22. The number of ether oxygens (including phenoxy) is 1. The van der Waals surface area contributed by atoms with E-state index in [0.29, 0.717) is 19.4 Å². The fraction of sp³-hybridized carbons (Fsp3) is 0.652. The maximum absolute atomic E-state index is 13.3. The Labute approximate surface area is 202 Å². The Kier molecular flexibility index (Phi) is 9.46. The Morgan fingerprint density at radius 3 is 2.56 bits per heavy atom. The van der Waals surface area contributed by atoms with Crippen LogP contribution in [0.5, 0.6) is 0 Å². The molecule has 1 aromatic rings. The number of anilines is 1. The summed E-state index contributed by atoms with van der Waals surface area (Å²) in [5.41, 5.74) is 7.35. The Bertz CT molecular complexity index is 966. The van der Waals surface area contributed by atoms with Gasteiger partial charge in [0.15, 0.2) is 0 Å². The number of amides is 2. The van der Waals surface area contributed by atoms with Crippen LogP contribution in [-0.2, 0) is 26.0 Å². The third-order valence-corrected chi connectivity index (χ3v) is 7.80. The third kappa shape index (κ3) is 7.66. The summed E-state index contributed by atoms with van der Waals surface area (Å²) in [5.74, 6) is -0.129. The zero-order chi connectivity index (χ0) is 25.7. The zero-order valence-electron chi connectivity index (χ0n) is 20.6. The van der Waals surface area contributed by atoms with Crippen molar-refractivity contribution in [1.29, 1.82) is 0 Å². The number of para-hydroxylation sites is 1. The Balaban J connectivity index is 2.05. The fourth-order valence-electron chi connectivity index (χ4n) is 4.02. The quantitative estimate of drug-likeness (QED) is 0.377. The van der Waals surface area contributed by atoms with Crippen LogP contribution in [0.2, 0.25) is 0 Å². The molecule has 2 rings (SSSR count). The van der Waals surface area contributed by atoms with Crippen molar-refractivity contribution in [3.8, 4) is 0 Å². The van der Waals surface area contributed by atoms with Crippen molar-refractivity contribution in [2.24, 2.45) is 11.1 Å². The number of alkyl carbamates (subject to hydrolysis) is 1. The normalized spacial score (nSPS) is 18.2. The average Bonchev–Trinajstić information content (AvgIpc) is 2.75. The number of aliphatic hydroxyl groups excluding tert-OH is 1. The molecule has 1 unspecified atom stereocenters. The minimum atomic E-state index is -3.51. The second-order valence-electron chi connectivity index (χ2n) is 9.89. The summed E-state index contributed by atoms with van der Waals surface area (Å²) in [5, 5.41) is 12.5. The first kappa shape index (κ1) is 28.0. The number of hydrogen-bond donors (Lipinski definition) is 4. The number of benzene rings is 1. The van der Waals surface area contributed by atoms with Crippen molar-refractivity contribution in [3.63, 3.8) is 0 Å². The van der Waals surface area contributed by atoms with E-state index in [9.17, 15) is 23.1 Å². The molecular formula is C23H38N4O6S. The molecule has 0 saturated carbocycles. The van der Waals surface area contributed by atoms with Gasteiger partial charge in [-0.05, 0) is 43.7 Å². The van der Waals surface area contributed by atoms with Crippen LogP contribution < -0.4 is 20.7 Å². The van der Waals surface area contributed by atoms with Crippen LogP contribution >= 0.6 is 0 Å². The van der Waals surface area contributed by atoms with E-state index in [0.717, 1.165) is 11.3 Å². The number of nitrogens with zero attached hydrogens (tertiary/aromatic N) is 1. The number of carbonyl (C=O) groups is 2. The lowest BCUT2D eigenvalue weighted by Crippen LogP contribution is -2.51. The number of carbonyl (C=O) groups excluding carboxylic acids is 2. The maximum Gasteiger partial charge on any atom is 0.407 e. The van der Waals surface area contributed by atoms with Gasteiger partial charge in [-0.1, -0.05) is 32.0 Å². The van der Waals surface area contributed by atoms with Gasteiger partial charge in [-0.3, -0.25) is 4.79 Å². The first-order chi connectivity index (χ1) is 15.8. The minimum absolute atomic E-state index is 0.129. The molecule has 0 bridgehead atoms. The molecular weight excluding hydrogens is 460 g/mol. The lowest BCUT2D eigenvalue weighted by molar-refractivity contribution is -0.120.